The van der Waals surface area contributed by atoms with Crippen molar-refractivity contribution in [3.05, 3.63) is 46.6 Å². The minimum absolute atomic E-state index is 0.133. The molecule has 24 heavy (non-hydrogen) atoms. The predicted molar refractivity (Wildman–Crippen MR) is 96.8 cm³/mol. The molecule has 1 fully saturated rings. The summed E-state index contributed by atoms with van der Waals surface area (Å²) >= 11 is 3.54. The van der Waals surface area contributed by atoms with Crippen LogP contribution in [0.1, 0.15) is 26.0 Å². The first-order chi connectivity index (χ1) is 11.6. The van der Waals surface area contributed by atoms with E-state index in [1.807, 2.05) is 55.1 Å². The lowest BCUT2D eigenvalue weighted by molar-refractivity contribution is -0.144. The molecule has 0 radical (unpaired) electrons. The third kappa shape index (κ3) is 3.73. The number of halogens is 1. The number of morpholine rings is 1. The molecule has 0 aliphatic carbocycles. The second-order valence-electron chi connectivity index (χ2n) is 6.28. The van der Waals surface area contributed by atoms with Crippen LogP contribution < -0.4 is 0 Å². The number of carbonyl (C=O) groups is 1. The molecule has 128 valence electrons. The summed E-state index contributed by atoms with van der Waals surface area (Å²) < 4.78 is 12.4. The monoisotopic (exact) mass is 391 g/mol. The van der Waals surface area contributed by atoms with E-state index in [0.29, 0.717) is 26.1 Å². The molecule has 1 aromatic heterocycles. The van der Waals surface area contributed by atoms with Gasteiger partial charge in [0, 0.05) is 22.9 Å². The molecule has 4 nitrogen and oxygen atoms in total. The Bertz CT molecular complexity index is 702. The van der Waals surface area contributed by atoms with Crippen LogP contribution in [0, 0.1) is 0 Å². The Kier molecular flexibility index (Phi) is 5.41. The van der Waals surface area contributed by atoms with Gasteiger partial charge in [0.2, 0.25) is 5.91 Å². The fourth-order valence-electron chi connectivity index (χ4n) is 3.17. The van der Waals surface area contributed by atoms with Crippen molar-refractivity contribution in [2.75, 3.05) is 13.2 Å². The molecule has 1 aliphatic rings. The largest absolute Gasteiger partial charge is 0.461 e. The van der Waals surface area contributed by atoms with Crippen molar-refractivity contribution in [1.82, 2.24) is 4.90 Å². The van der Waals surface area contributed by atoms with Crippen LogP contribution in [0.25, 0.3) is 11.3 Å². The van der Waals surface area contributed by atoms with Gasteiger partial charge >= 0.3 is 0 Å². The highest BCUT2D eigenvalue weighted by Crippen LogP contribution is 2.29. The topological polar surface area (TPSA) is 42.7 Å². The van der Waals surface area contributed by atoms with Crippen molar-refractivity contribution in [1.29, 1.82) is 0 Å². The zero-order chi connectivity index (χ0) is 17.1. The van der Waals surface area contributed by atoms with Crippen LogP contribution >= 0.6 is 15.9 Å². The number of hydrogen-bond donors (Lipinski definition) is 0. The fraction of sp³-hybridized carbons (Fsp3) is 0.421. The summed E-state index contributed by atoms with van der Waals surface area (Å²) in [7, 11) is 0. The first-order valence-electron chi connectivity index (χ1n) is 8.29. The van der Waals surface area contributed by atoms with Crippen LogP contribution in [-0.4, -0.2) is 36.1 Å². The van der Waals surface area contributed by atoms with Crippen molar-refractivity contribution in [3.63, 3.8) is 0 Å². The zero-order valence-electron chi connectivity index (χ0n) is 14.0. The van der Waals surface area contributed by atoms with Crippen molar-refractivity contribution >= 4 is 21.8 Å². The number of furan rings is 1. The molecule has 5 heteroatoms. The van der Waals surface area contributed by atoms with E-state index in [1.165, 1.54) is 0 Å². The minimum atomic E-state index is 0.133. The minimum Gasteiger partial charge on any atom is -0.461 e. The lowest BCUT2D eigenvalue weighted by atomic mass is 10.1. The molecule has 1 saturated heterocycles. The molecule has 1 amide bonds. The standard InChI is InChI=1S/C19H22BrNO3/c1-13-11-23-12-14(2)21(13)19(22)10-8-15-7-9-18(24-15)16-5-3-4-6-17(16)20/h3-7,9,13-14H,8,10-12H2,1-2H3. The molecular formula is C19H22BrNO3. The van der Waals surface area contributed by atoms with Crippen molar-refractivity contribution in [2.24, 2.45) is 0 Å². The Hall–Kier alpha value is -1.59. The number of ether oxygens (including phenoxy) is 1. The summed E-state index contributed by atoms with van der Waals surface area (Å²) in [6, 6.07) is 12.1. The van der Waals surface area contributed by atoms with Gasteiger partial charge in [0.25, 0.3) is 0 Å². The second-order valence-corrected chi connectivity index (χ2v) is 7.14. The predicted octanol–water partition coefficient (Wildman–Crippen LogP) is 4.28. The van der Waals surface area contributed by atoms with Crippen LogP contribution in [0.3, 0.4) is 0 Å². The third-order valence-corrected chi connectivity index (χ3v) is 5.03. The lowest BCUT2D eigenvalue weighted by Crippen LogP contribution is -2.52. The van der Waals surface area contributed by atoms with Gasteiger partial charge in [0.15, 0.2) is 0 Å². The molecule has 3 rings (SSSR count). The van der Waals surface area contributed by atoms with Gasteiger partial charge in [0.05, 0.1) is 25.3 Å². The Labute approximate surface area is 150 Å². The number of aryl methyl sites for hydroxylation is 1. The Morgan fingerprint density at radius 1 is 1.17 bits per heavy atom. The number of carbonyl (C=O) groups excluding carboxylic acids is 1. The van der Waals surface area contributed by atoms with E-state index >= 15 is 0 Å². The van der Waals surface area contributed by atoms with Gasteiger partial charge in [-0.05, 0) is 32.0 Å². The van der Waals surface area contributed by atoms with E-state index in [0.717, 1.165) is 21.6 Å². The molecule has 0 saturated carbocycles. The number of hydrogen-bond acceptors (Lipinski definition) is 3. The first kappa shape index (κ1) is 17.2. The van der Waals surface area contributed by atoms with Crippen molar-refractivity contribution in [3.8, 4) is 11.3 Å². The lowest BCUT2D eigenvalue weighted by Gasteiger charge is -2.38. The Morgan fingerprint density at radius 2 is 1.88 bits per heavy atom. The van der Waals surface area contributed by atoms with E-state index in [4.69, 9.17) is 9.15 Å². The van der Waals surface area contributed by atoms with Crippen molar-refractivity contribution in [2.45, 2.75) is 38.8 Å². The number of benzene rings is 1. The maximum absolute atomic E-state index is 12.5. The maximum Gasteiger partial charge on any atom is 0.223 e. The Balaban J connectivity index is 1.63. The van der Waals surface area contributed by atoms with E-state index in [1.54, 1.807) is 0 Å². The molecule has 1 aliphatic heterocycles. The zero-order valence-corrected chi connectivity index (χ0v) is 15.6. The third-order valence-electron chi connectivity index (χ3n) is 4.34. The summed E-state index contributed by atoms with van der Waals surface area (Å²) in [4.78, 5) is 14.5. The van der Waals surface area contributed by atoms with Crippen LogP contribution in [0.5, 0.6) is 0 Å². The van der Waals surface area contributed by atoms with Gasteiger partial charge in [-0.3, -0.25) is 4.79 Å². The average molecular weight is 392 g/mol. The van der Waals surface area contributed by atoms with Gasteiger partial charge in [0.1, 0.15) is 11.5 Å². The normalized spacial score (nSPS) is 21.0. The second kappa shape index (κ2) is 7.53. The van der Waals surface area contributed by atoms with Gasteiger partial charge in [-0.25, -0.2) is 0 Å². The van der Waals surface area contributed by atoms with E-state index < -0.39 is 0 Å². The number of nitrogens with zero attached hydrogens (tertiary/aromatic N) is 1. The van der Waals surface area contributed by atoms with Gasteiger partial charge in [-0.2, -0.15) is 0 Å². The number of amides is 1. The molecule has 2 atom stereocenters. The summed E-state index contributed by atoms with van der Waals surface area (Å²) in [6.45, 7) is 5.29. The van der Waals surface area contributed by atoms with Crippen LogP contribution in [-0.2, 0) is 16.0 Å². The molecule has 1 aromatic carbocycles. The summed E-state index contributed by atoms with van der Waals surface area (Å²) in [5.41, 5.74) is 1.02. The van der Waals surface area contributed by atoms with E-state index in [9.17, 15) is 4.79 Å². The van der Waals surface area contributed by atoms with Crippen LogP contribution in [0.4, 0.5) is 0 Å². The van der Waals surface area contributed by atoms with E-state index in [2.05, 4.69) is 15.9 Å². The highest BCUT2D eigenvalue weighted by molar-refractivity contribution is 9.10. The molecule has 0 spiro atoms. The van der Waals surface area contributed by atoms with Crippen molar-refractivity contribution < 1.29 is 13.9 Å². The summed E-state index contributed by atoms with van der Waals surface area (Å²) in [6.07, 6.45) is 1.07. The molecule has 2 aromatic rings. The molecular weight excluding hydrogens is 370 g/mol. The molecule has 2 heterocycles. The summed E-state index contributed by atoms with van der Waals surface area (Å²) in [5, 5.41) is 0. The van der Waals surface area contributed by atoms with Crippen LogP contribution in [0.15, 0.2) is 45.3 Å². The maximum atomic E-state index is 12.5. The molecule has 0 N–H and O–H groups in total. The number of rotatable bonds is 4. The molecule has 2 unspecified atom stereocenters. The Morgan fingerprint density at radius 3 is 2.58 bits per heavy atom. The van der Waals surface area contributed by atoms with E-state index in [-0.39, 0.29) is 18.0 Å². The average Bonchev–Trinajstić information content (AvgIpc) is 3.02. The highest BCUT2D eigenvalue weighted by atomic mass is 79.9. The quantitative estimate of drug-likeness (QED) is 0.780. The first-order valence-corrected chi connectivity index (χ1v) is 9.08. The SMILES string of the molecule is CC1COCC(C)N1C(=O)CCc1ccc(-c2ccccc2Br)o1. The smallest absolute Gasteiger partial charge is 0.223 e. The van der Waals surface area contributed by atoms with Crippen LogP contribution in [0.2, 0.25) is 0 Å². The van der Waals surface area contributed by atoms with Gasteiger partial charge < -0.3 is 14.1 Å². The highest BCUT2D eigenvalue weighted by Gasteiger charge is 2.29. The summed E-state index contributed by atoms with van der Waals surface area (Å²) in [5.74, 6) is 1.82. The molecule has 0 bridgehead atoms. The van der Waals surface area contributed by atoms with Gasteiger partial charge in [-0.15, -0.1) is 0 Å². The van der Waals surface area contributed by atoms with Gasteiger partial charge in [-0.1, -0.05) is 34.1 Å². The fourth-order valence-corrected chi connectivity index (χ4v) is 3.65.